The van der Waals surface area contributed by atoms with Gasteiger partial charge in [0.15, 0.2) is 5.82 Å². The average Bonchev–Trinajstić information content (AvgIpc) is 3.18. The van der Waals surface area contributed by atoms with Crippen molar-refractivity contribution in [2.24, 2.45) is 5.92 Å². The highest BCUT2D eigenvalue weighted by molar-refractivity contribution is 5.57. The molecule has 0 bridgehead atoms. The van der Waals surface area contributed by atoms with Gasteiger partial charge in [-0.25, -0.2) is 9.97 Å². The normalized spacial score (nSPS) is 19.8. The third-order valence-electron chi connectivity index (χ3n) is 5.37. The number of anilines is 1. The van der Waals surface area contributed by atoms with E-state index < -0.39 is 0 Å². The summed E-state index contributed by atoms with van der Waals surface area (Å²) in [6, 6.07) is 5.86. The lowest BCUT2D eigenvalue weighted by atomic mass is 10.1. The van der Waals surface area contributed by atoms with Crippen LogP contribution in [0.25, 0.3) is 11.5 Å². The van der Waals surface area contributed by atoms with Crippen molar-refractivity contribution in [3.8, 4) is 11.5 Å². The number of ether oxygens (including phenoxy) is 1. The number of methoxy groups -OCH3 is 1. The first-order valence-corrected chi connectivity index (χ1v) is 9.80. The van der Waals surface area contributed by atoms with Crippen molar-refractivity contribution in [2.75, 3.05) is 51.8 Å². The predicted octanol–water partition coefficient (Wildman–Crippen LogP) is 1.56. The van der Waals surface area contributed by atoms with Crippen molar-refractivity contribution in [1.29, 1.82) is 0 Å². The van der Waals surface area contributed by atoms with E-state index in [9.17, 15) is 0 Å². The third kappa shape index (κ3) is 4.43. The number of hydrogen-bond donors (Lipinski definition) is 2. The minimum absolute atomic E-state index is 0.646. The van der Waals surface area contributed by atoms with Crippen molar-refractivity contribution in [3.63, 3.8) is 0 Å². The van der Waals surface area contributed by atoms with Crippen LogP contribution in [-0.2, 0) is 17.7 Å². The first-order chi connectivity index (χ1) is 13.3. The molecule has 0 unspecified atom stereocenters. The highest BCUT2D eigenvalue weighted by Crippen LogP contribution is 2.25. The van der Waals surface area contributed by atoms with E-state index in [0.29, 0.717) is 11.7 Å². The van der Waals surface area contributed by atoms with E-state index in [1.54, 1.807) is 13.3 Å². The predicted molar refractivity (Wildman–Crippen MR) is 106 cm³/mol. The maximum atomic E-state index is 5.20. The smallest absolute Gasteiger partial charge is 0.180 e. The molecule has 144 valence electrons. The highest BCUT2D eigenvalue weighted by atomic mass is 16.5. The molecule has 0 amide bonds. The summed E-state index contributed by atoms with van der Waals surface area (Å²) in [4.78, 5) is 16.5. The van der Waals surface area contributed by atoms with Gasteiger partial charge in [0.2, 0.25) is 0 Å². The Morgan fingerprint density at radius 1 is 1.33 bits per heavy atom. The first-order valence-electron chi connectivity index (χ1n) is 9.80. The molecule has 2 N–H and O–H groups in total. The molecule has 0 aromatic carbocycles. The average molecular weight is 368 g/mol. The van der Waals surface area contributed by atoms with Crippen LogP contribution < -0.4 is 10.6 Å². The molecule has 4 heterocycles. The third-order valence-corrected chi connectivity index (χ3v) is 5.37. The van der Waals surface area contributed by atoms with Gasteiger partial charge in [0, 0.05) is 45.0 Å². The second kappa shape index (κ2) is 8.73. The number of nitrogens with one attached hydrogen (secondary N) is 2. The van der Waals surface area contributed by atoms with Gasteiger partial charge >= 0.3 is 0 Å². The van der Waals surface area contributed by atoms with Crippen LogP contribution in [0.4, 0.5) is 5.82 Å². The monoisotopic (exact) mass is 368 g/mol. The molecule has 2 aromatic heterocycles. The van der Waals surface area contributed by atoms with E-state index in [2.05, 4.69) is 20.5 Å². The van der Waals surface area contributed by atoms with Gasteiger partial charge in [0.05, 0.1) is 12.3 Å². The van der Waals surface area contributed by atoms with Crippen LogP contribution in [0.3, 0.4) is 0 Å². The quantitative estimate of drug-likeness (QED) is 0.768. The zero-order chi connectivity index (χ0) is 18.5. The van der Waals surface area contributed by atoms with Gasteiger partial charge in [0.25, 0.3) is 0 Å². The van der Waals surface area contributed by atoms with E-state index in [0.717, 1.165) is 69.5 Å². The Morgan fingerprint density at radius 2 is 2.30 bits per heavy atom. The molecule has 0 aliphatic carbocycles. The molecule has 7 nitrogen and oxygen atoms in total. The largest absolute Gasteiger partial charge is 0.383 e. The molecule has 1 fully saturated rings. The molecule has 2 aliphatic rings. The summed E-state index contributed by atoms with van der Waals surface area (Å²) in [6.07, 6.45) is 3.97. The van der Waals surface area contributed by atoms with E-state index in [-0.39, 0.29) is 0 Å². The lowest BCUT2D eigenvalue weighted by Crippen LogP contribution is -2.28. The molecule has 0 spiro atoms. The molecular weight excluding hydrogens is 340 g/mol. The molecule has 1 saturated heterocycles. The van der Waals surface area contributed by atoms with Crippen LogP contribution >= 0.6 is 0 Å². The van der Waals surface area contributed by atoms with Gasteiger partial charge in [0.1, 0.15) is 11.5 Å². The van der Waals surface area contributed by atoms with Crippen LogP contribution in [0, 0.1) is 5.92 Å². The number of likely N-dealkylation sites (tertiary alicyclic amines) is 1. The number of aromatic nitrogens is 3. The summed E-state index contributed by atoms with van der Waals surface area (Å²) in [5, 5.41) is 7.05. The van der Waals surface area contributed by atoms with Gasteiger partial charge in [-0.3, -0.25) is 4.98 Å². The summed E-state index contributed by atoms with van der Waals surface area (Å²) in [7, 11) is 1.77. The Hall–Kier alpha value is -2.09. The van der Waals surface area contributed by atoms with E-state index in [1.165, 1.54) is 12.0 Å². The van der Waals surface area contributed by atoms with Gasteiger partial charge in [-0.2, -0.15) is 0 Å². The van der Waals surface area contributed by atoms with Crippen molar-refractivity contribution in [3.05, 3.63) is 35.7 Å². The molecule has 0 radical (unpaired) electrons. The van der Waals surface area contributed by atoms with Crippen LogP contribution in [0.2, 0.25) is 0 Å². The zero-order valence-electron chi connectivity index (χ0n) is 15.9. The fourth-order valence-electron chi connectivity index (χ4n) is 3.86. The van der Waals surface area contributed by atoms with E-state index >= 15 is 0 Å². The van der Waals surface area contributed by atoms with E-state index in [4.69, 9.17) is 14.7 Å². The number of hydrogen-bond acceptors (Lipinski definition) is 7. The molecule has 2 aliphatic heterocycles. The Morgan fingerprint density at radius 3 is 3.15 bits per heavy atom. The van der Waals surface area contributed by atoms with E-state index in [1.807, 2.05) is 18.2 Å². The minimum atomic E-state index is 0.646. The first kappa shape index (κ1) is 18.3. The van der Waals surface area contributed by atoms with Gasteiger partial charge in [-0.05, 0) is 44.0 Å². The lowest BCUT2D eigenvalue weighted by molar-refractivity contribution is 0.159. The van der Waals surface area contributed by atoms with Crippen LogP contribution in [-0.4, -0.2) is 66.3 Å². The number of pyridine rings is 1. The summed E-state index contributed by atoms with van der Waals surface area (Å²) < 4.78 is 5.20. The number of fused-ring (bicyclic) bond motifs is 1. The summed E-state index contributed by atoms with van der Waals surface area (Å²) in [5.41, 5.74) is 3.16. The maximum Gasteiger partial charge on any atom is 0.180 e. The number of rotatable bonds is 7. The van der Waals surface area contributed by atoms with Crippen molar-refractivity contribution >= 4 is 5.82 Å². The Labute approximate surface area is 160 Å². The summed E-state index contributed by atoms with van der Waals surface area (Å²) in [6.45, 7) is 6.81. The van der Waals surface area contributed by atoms with Gasteiger partial charge in [-0.1, -0.05) is 6.07 Å². The fourth-order valence-corrected chi connectivity index (χ4v) is 3.86. The molecule has 7 heteroatoms. The fraction of sp³-hybridized carbons (Fsp3) is 0.550. The molecule has 0 saturated carbocycles. The standard InChI is InChI=1S/C20H28N6O/c1-27-11-10-26-9-6-15(14-26)12-23-19-16-5-8-21-13-18(16)24-20(25-19)17-4-2-3-7-22-17/h2-4,7,15,21H,5-6,8-14H2,1H3,(H,23,24,25)/t15-/m0/s1. The van der Waals surface area contributed by atoms with Gasteiger partial charge < -0.3 is 20.3 Å². The molecular formula is C20H28N6O. The summed E-state index contributed by atoms with van der Waals surface area (Å²) in [5.74, 6) is 2.33. The molecule has 1 atom stereocenters. The van der Waals surface area contributed by atoms with Gasteiger partial charge in [-0.15, -0.1) is 0 Å². The zero-order valence-corrected chi connectivity index (χ0v) is 15.9. The minimum Gasteiger partial charge on any atom is -0.383 e. The van der Waals surface area contributed by atoms with Crippen LogP contribution in [0.1, 0.15) is 17.7 Å². The topological polar surface area (TPSA) is 75.2 Å². The maximum absolute atomic E-state index is 5.20. The SMILES string of the molecule is COCCN1CC[C@@H](CNc2nc(-c3ccccn3)nc3c2CCNC3)C1. The molecule has 4 rings (SSSR count). The Balaban J connectivity index is 1.48. The van der Waals surface area contributed by atoms with Crippen molar-refractivity contribution < 1.29 is 4.74 Å². The summed E-state index contributed by atoms with van der Waals surface area (Å²) >= 11 is 0. The Bertz CT molecular complexity index is 754. The highest BCUT2D eigenvalue weighted by Gasteiger charge is 2.23. The number of nitrogens with zero attached hydrogens (tertiary/aromatic N) is 4. The van der Waals surface area contributed by atoms with Crippen LogP contribution in [0.5, 0.6) is 0 Å². The Kier molecular flexibility index (Phi) is 5.91. The van der Waals surface area contributed by atoms with Crippen molar-refractivity contribution in [2.45, 2.75) is 19.4 Å². The lowest BCUT2D eigenvalue weighted by Gasteiger charge is -2.22. The second-order valence-electron chi connectivity index (χ2n) is 7.29. The van der Waals surface area contributed by atoms with Crippen molar-refractivity contribution in [1.82, 2.24) is 25.2 Å². The molecule has 2 aromatic rings. The van der Waals surface area contributed by atoms with Crippen LogP contribution in [0.15, 0.2) is 24.4 Å². The second-order valence-corrected chi connectivity index (χ2v) is 7.29. The molecule has 27 heavy (non-hydrogen) atoms.